The van der Waals surface area contributed by atoms with Crippen molar-refractivity contribution < 1.29 is 5.11 Å². The molecule has 1 N–H and O–H groups in total. The molecule has 3 aromatic rings. The number of amidine groups is 1. The van der Waals surface area contributed by atoms with Crippen LogP contribution >= 0.6 is 0 Å². The normalized spacial score (nSPS) is 15.0. The highest BCUT2D eigenvalue weighted by Gasteiger charge is 2.19. The molecule has 130 valence electrons. The van der Waals surface area contributed by atoms with Crippen molar-refractivity contribution in [3.63, 3.8) is 0 Å². The third-order valence-electron chi connectivity index (χ3n) is 4.60. The van der Waals surface area contributed by atoms with Gasteiger partial charge in [-0.3, -0.25) is 9.98 Å². The van der Waals surface area contributed by atoms with Crippen LogP contribution in [0.15, 0.2) is 84.0 Å². The Morgan fingerprint density at radius 3 is 2.42 bits per heavy atom. The van der Waals surface area contributed by atoms with E-state index in [1.54, 1.807) is 6.20 Å². The van der Waals surface area contributed by atoms with Crippen molar-refractivity contribution in [2.24, 2.45) is 4.99 Å². The number of aliphatic imine (C=N–C) groups is 1. The predicted octanol–water partition coefficient (Wildman–Crippen LogP) is 3.43. The maximum atomic E-state index is 10.5. The Balaban J connectivity index is 1.51. The average Bonchev–Trinajstić information content (AvgIpc) is 3.17. The summed E-state index contributed by atoms with van der Waals surface area (Å²) in [4.78, 5) is 11.2. The number of pyridine rings is 1. The van der Waals surface area contributed by atoms with Gasteiger partial charge in [0.1, 0.15) is 11.9 Å². The van der Waals surface area contributed by atoms with Gasteiger partial charge in [-0.1, -0.05) is 60.7 Å². The molecule has 4 nitrogen and oxygen atoms in total. The van der Waals surface area contributed by atoms with Crippen LogP contribution in [0.3, 0.4) is 0 Å². The summed E-state index contributed by atoms with van der Waals surface area (Å²) in [6, 6.07) is 24.0. The van der Waals surface area contributed by atoms with Crippen molar-refractivity contribution in [1.82, 2.24) is 9.88 Å². The van der Waals surface area contributed by atoms with Crippen LogP contribution < -0.4 is 0 Å². The molecule has 2 aromatic carbocycles. The highest BCUT2D eigenvalue weighted by Crippen LogP contribution is 2.22. The van der Waals surface area contributed by atoms with Crippen LogP contribution in [0.25, 0.3) is 0 Å². The van der Waals surface area contributed by atoms with Crippen LogP contribution in [0, 0.1) is 0 Å². The third-order valence-corrected chi connectivity index (χ3v) is 4.60. The van der Waals surface area contributed by atoms with Gasteiger partial charge in [0.2, 0.25) is 0 Å². The summed E-state index contributed by atoms with van der Waals surface area (Å²) in [5.41, 5.74) is 3.85. The summed E-state index contributed by atoms with van der Waals surface area (Å²) >= 11 is 0. The molecule has 1 aliphatic rings. The molecule has 4 heteroatoms. The molecular weight excluding hydrogens is 322 g/mol. The van der Waals surface area contributed by atoms with Gasteiger partial charge in [0.05, 0.1) is 12.2 Å². The van der Waals surface area contributed by atoms with Gasteiger partial charge >= 0.3 is 0 Å². The van der Waals surface area contributed by atoms with Crippen LogP contribution in [0.5, 0.6) is 0 Å². The highest BCUT2D eigenvalue weighted by atomic mass is 16.3. The molecule has 0 radical (unpaired) electrons. The maximum absolute atomic E-state index is 10.5. The van der Waals surface area contributed by atoms with E-state index in [9.17, 15) is 5.11 Å². The summed E-state index contributed by atoms with van der Waals surface area (Å²) in [6.45, 7) is 2.61. The van der Waals surface area contributed by atoms with Crippen molar-refractivity contribution in [1.29, 1.82) is 0 Å². The first-order chi connectivity index (χ1) is 12.8. The molecule has 2 heterocycles. The fourth-order valence-corrected chi connectivity index (χ4v) is 3.24. The molecule has 0 aliphatic carbocycles. The fraction of sp³-hybridized carbons (Fsp3) is 0.182. The molecule has 0 fully saturated rings. The lowest BCUT2D eigenvalue weighted by Gasteiger charge is -2.21. The highest BCUT2D eigenvalue weighted by molar-refractivity contribution is 5.99. The number of rotatable bonds is 5. The summed E-state index contributed by atoms with van der Waals surface area (Å²) in [7, 11) is 0. The first-order valence-electron chi connectivity index (χ1n) is 8.84. The lowest BCUT2D eigenvalue weighted by Crippen LogP contribution is -2.27. The van der Waals surface area contributed by atoms with Gasteiger partial charge < -0.3 is 10.0 Å². The first kappa shape index (κ1) is 16.5. The molecule has 1 atom stereocenters. The second-order valence-corrected chi connectivity index (χ2v) is 6.39. The zero-order valence-electron chi connectivity index (χ0n) is 14.5. The first-order valence-corrected chi connectivity index (χ1v) is 8.84. The van der Waals surface area contributed by atoms with Crippen molar-refractivity contribution >= 4 is 5.84 Å². The number of hydrogen-bond acceptors (Lipinski definition) is 4. The Kier molecular flexibility index (Phi) is 4.75. The van der Waals surface area contributed by atoms with Crippen LogP contribution in [0.2, 0.25) is 0 Å². The van der Waals surface area contributed by atoms with Crippen molar-refractivity contribution in [2.45, 2.75) is 12.6 Å². The maximum Gasteiger partial charge on any atom is 0.131 e. The quantitative estimate of drug-likeness (QED) is 0.772. The second-order valence-electron chi connectivity index (χ2n) is 6.39. The Bertz CT molecular complexity index is 876. The van der Waals surface area contributed by atoms with Crippen LogP contribution in [-0.2, 0) is 6.54 Å². The van der Waals surface area contributed by atoms with E-state index in [1.165, 1.54) is 5.56 Å². The smallest absolute Gasteiger partial charge is 0.131 e. The van der Waals surface area contributed by atoms with Crippen molar-refractivity contribution in [3.05, 3.63) is 101 Å². The van der Waals surface area contributed by atoms with Gasteiger partial charge in [-0.15, -0.1) is 0 Å². The minimum atomic E-state index is -0.712. The molecule has 0 amide bonds. The van der Waals surface area contributed by atoms with Gasteiger partial charge in [-0.2, -0.15) is 0 Å². The second kappa shape index (κ2) is 7.50. The monoisotopic (exact) mass is 343 g/mol. The van der Waals surface area contributed by atoms with E-state index in [1.807, 2.05) is 48.5 Å². The number of benzene rings is 2. The van der Waals surface area contributed by atoms with E-state index in [2.05, 4.69) is 39.1 Å². The molecule has 0 spiro atoms. The number of nitrogens with zero attached hydrogens (tertiary/aromatic N) is 3. The summed E-state index contributed by atoms with van der Waals surface area (Å²) in [6.07, 6.45) is 0.984. The molecule has 0 bridgehead atoms. The van der Waals surface area contributed by atoms with Gasteiger partial charge in [0.15, 0.2) is 0 Å². The standard InChI is InChI=1S/C22H21N3O/c26-21(20-8-4-5-13-23-20)18-9-11-19(12-10-18)22-24-14-15-25(22)16-17-6-2-1-3-7-17/h1-13,21,26H,14-16H2. The SMILES string of the molecule is OC(c1ccc(C2=NCCN2Cc2ccccc2)cc1)c1ccccn1. The van der Waals surface area contributed by atoms with E-state index in [-0.39, 0.29) is 0 Å². The fourth-order valence-electron chi connectivity index (χ4n) is 3.24. The molecular formula is C22H21N3O. The Hall–Kier alpha value is -2.98. The zero-order valence-corrected chi connectivity index (χ0v) is 14.5. The lowest BCUT2D eigenvalue weighted by atomic mass is 10.0. The van der Waals surface area contributed by atoms with E-state index in [0.717, 1.165) is 36.6 Å². The van der Waals surface area contributed by atoms with Crippen molar-refractivity contribution in [2.75, 3.05) is 13.1 Å². The number of aliphatic hydroxyl groups is 1. The van der Waals surface area contributed by atoms with E-state index >= 15 is 0 Å². The molecule has 0 saturated carbocycles. The van der Waals surface area contributed by atoms with E-state index in [0.29, 0.717) is 5.69 Å². The summed E-state index contributed by atoms with van der Waals surface area (Å²) in [5, 5.41) is 10.5. The summed E-state index contributed by atoms with van der Waals surface area (Å²) < 4.78 is 0. The van der Waals surface area contributed by atoms with Crippen LogP contribution in [-0.4, -0.2) is 33.9 Å². The molecule has 0 saturated heterocycles. The van der Waals surface area contributed by atoms with Gasteiger partial charge in [0.25, 0.3) is 0 Å². The lowest BCUT2D eigenvalue weighted by molar-refractivity contribution is 0.215. The average molecular weight is 343 g/mol. The number of hydrogen-bond donors (Lipinski definition) is 1. The van der Waals surface area contributed by atoms with E-state index < -0.39 is 6.10 Å². The van der Waals surface area contributed by atoms with Crippen LogP contribution in [0.4, 0.5) is 0 Å². The van der Waals surface area contributed by atoms with Crippen molar-refractivity contribution in [3.8, 4) is 0 Å². The Labute approximate surface area is 153 Å². The number of aliphatic hydroxyl groups excluding tert-OH is 1. The minimum absolute atomic E-state index is 0.657. The Morgan fingerprint density at radius 2 is 1.69 bits per heavy atom. The topological polar surface area (TPSA) is 48.7 Å². The molecule has 4 rings (SSSR count). The largest absolute Gasteiger partial charge is 0.382 e. The summed E-state index contributed by atoms with van der Waals surface area (Å²) in [5.74, 6) is 1.02. The predicted molar refractivity (Wildman–Crippen MR) is 103 cm³/mol. The van der Waals surface area contributed by atoms with Gasteiger partial charge in [0, 0.05) is 24.8 Å². The third kappa shape index (κ3) is 3.51. The zero-order chi connectivity index (χ0) is 17.8. The van der Waals surface area contributed by atoms with Gasteiger partial charge in [-0.25, -0.2) is 0 Å². The molecule has 1 aliphatic heterocycles. The van der Waals surface area contributed by atoms with E-state index in [4.69, 9.17) is 0 Å². The van der Waals surface area contributed by atoms with Crippen LogP contribution in [0.1, 0.15) is 28.5 Å². The number of aromatic nitrogens is 1. The minimum Gasteiger partial charge on any atom is -0.382 e. The molecule has 1 unspecified atom stereocenters. The molecule has 26 heavy (non-hydrogen) atoms. The molecule has 1 aromatic heterocycles. The van der Waals surface area contributed by atoms with Gasteiger partial charge in [-0.05, 0) is 23.3 Å². The Morgan fingerprint density at radius 1 is 0.923 bits per heavy atom.